The lowest BCUT2D eigenvalue weighted by Crippen LogP contribution is -2.45. The minimum atomic E-state index is -3.62. The van der Waals surface area contributed by atoms with Gasteiger partial charge in [-0.2, -0.15) is 0 Å². The fraction of sp³-hybridized carbons (Fsp3) is 0.350. The number of rotatable bonds is 6. The lowest BCUT2D eigenvalue weighted by molar-refractivity contribution is -0.116. The summed E-state index contributed by atoms with van der Waals surface area (Å²) in [5.74, 6) is -0.395. The number of amides is 1. The third kappa shape index (κ3) is 4.82. The summed E-state index contributed by atoms with van der Waals surface area (Å²) < 4.78 is 31.0. The van der Waals surface area contributed by atoms with Crippen molar-refractivity contribution in [1.82, 2.24) is 0 Å². The summed E-state index contributed by atoms with van der Waals surface area (Å²) >= 11 is 0. The van der Waals surface area contributed by atoms with E-state index in [9.17, 15) is 13.2 Å². The Morgan fingerprint density at radius 1 is 1.07 bits per heavy atom. The average Bonchev–Trinajstić information content (AvgIpc) is 2.69. The summed E-state index contributed by atoms with van der Waals surface area (Å²) in [6.07, 6.45) is 1.10. The van der Waals surface area contributed by atoms with E-state index in [2.05, 4.69) is 10.2 Å². The number of morpholine rings is 1. The summed E-state index contributed by atoms with van der Waals surface area (Å²) in [5.41, 5.74) is 2.14. The molecule has 1 aliphatic rings. The third-order valence-electron chi connectivity index (χ3n) is 4.61. The highest BCUT2D eigenvalue weighted by Gasteiger charge is 2.29. The lowest BCUT2D eigenvalue weighted by Gasteiger charge is -2.29. The van der Waals surface area contributed by atoms with Crippen molar-refractivity contribution in [3.05, 3.63) is 54.6 Å². The maximum absolute atomic E-state index is 12.7. The molecular weight excluding hydrogens is 378 g/mol. The molecule has 150 valence electrons. The molecule has 1 fully saturated rings. The molecule has 1 aliphatic heterocycles. The first-order valence-corrected chi connectivity index (χ1v) is 11.0. The molecule has 3 rings (SSSR count). The first-order valence-electron chi connectivity index (χ1n) is 9.14. The van der Waals surface area contributed by atoms with E-state index in [-0.39, 0.29) is 0 Å². The fourth-order valence-electron chi connectivity index (χ4n) is 3.21. The predicted octanol–water partition coefficient (Wildman–Crippen LogP) is 2.32. The van der Waals surface area contributed by atoms with Crippen LogP contribution in [-0.2, 0) is 19.6 Å². The molecule has 7 nitrogen and oxygen atoms in total. The number of ether oxygens (including phenoxy) is 1. The zero-order valence-electron chi connectivity index (χ0n) is 16.0. The number of carbonyl (C=O) groups is 1. The van der Waals surface area contributed by atoms with E-state index in [1.165, 1.54) is 0 Å². The normalized spacial score (nSPS) is 15.7. The number of benzene rings is 2. The molecule has 0 aliphatic carbocycles. The second-order valence-corrected chi connectivity index (χ2v) is 8.57. The molecule has 0 aromatic heterocycles. The van der Waals surface area contributed by atoms with Crippen LogP contribution in [0, 0.1) is 0 Å². The van der Waals surface area contributed by atoms with Gasteiger partial charge < -0.3 is 15.0 Å². The van der Waals surface area contributed by atoms with Crippen LogP contribution in [0.25, 0.3) is 0 Å². The van der Waals surface area contributed by atoms with Gasteiger partial charge in [-0.15, -0.1) is 0 Å². The first-order chi connectivity index (χ1) is 13.4. The van der Waals surface area contributed by atoms with Gasteiger partial charge in [0.1, 0.15) is 6.04 Å². The molecule has 0 spiro atoms. The van der Waals surface area contributed by atoms with Crippen LogP contribution in [0.4, 0.5) is 17.1 Å². The van der Waals surface area contributed by atoms with Crippen LogP contribution in [-0.4, -0.2) is 52.9 Å². The van der Waals surface area contributed by atoms with Gasteiger partial charge >= 0.3 is 0 Å². The number of para-hydroxylation sites is 1. The molecule has 0 radical (unpaired) electrons. The van der Waals surface area contributed by atoms with Crippen molar-refractivity contribution >= 4 is 33.0 Å². The molecule has 0 saturated carbocycles. The van der Waals surface area contributed by atoms with Gasteiger partial charge in [0.05, 0.1) is 25.2 Å². The number of hydrogen-bond acceptors (Lipinski definition) is 5. The highest BCUT2D eigenvalue weighted by Crippen LogP contribution is 2.22. The van der Waals surface area contributed by atoms with Crippen molar-refractivity contribution < 1.29 is 17.9 Å². The lowest BCUT2D eigenvalue weighted by atomic mass is 10.2. The summed E-state index contributed by atoms with van der Waals surface area (Å²) in [4.78, 5) is 14.9. The molecule has 1 saturated heterocycles. The fourth-order valence-corrected chi connectivity index (χ4v) is 4.38. The SMILES string of the molecule is C[C@H](C(=O)Nc1ccc(N2CCOCC2)cc1)N(c1ccccc1)S(C)(=O)=O. The quantitative estimate of drug-likeness (QED) is 0.801. The number of sulfonamides is 1. The number of anilines is 3. The molecule has 0 unspecified atom stereocenters. The first kappa shape index (κ1) is 20.2. The molecule has 28 heavy (non-hydrogen) atoms. The Kier molecular flexibility index (Phi) is 6.21. The van der Waals surface area contributed by atoms with Crippen molar-refractivity contribution in [1.29, 1.82) is 0 Å². The van der Waals surface area contributed by atoms with Gasteiger partial charge in [0.25, 0.3) is 0 Å². The van der Waals surface area contributed by atoms with Crippen LogP contribution in [0.2, 0.25) is 0 Å². The number of hydrogen-bond donors (Lipinski definition) is 1. The molecule has 8 heteroatoms. The van der Waals surface area contributed by atoms with E-state index in [4.69, 9.17) is 4.74 Å². The third-order valence-corrected chi connectivity index (χ3v) is 5.85. The second-order valence-electron chi connectivity index (χ2n) is 6.71. The number of nitrogens with one attached hydrogen (secondary N) is 1. The monoisotopic (exact) mass is 403 g/mol. The molecule has 1 atom stereocenters. The van der Waals surface area contributed by atoms with Gasteiger partial charge in [-0.25, -0.2) is 8.42 Å². The van der Waals surface area contributed by atoms with E-state index in [1.807, 2.05) is 24.3 Å². The Morgan fingerprint density at radius 3 is 2.25 bits per heavy atom. The Bertz CT molecular complexity index is 895. The maximum atomic E-state index is 12.7. The molecule has 0 bridgehead atoms. The van der Waals surface area contributed by atoms with Gasteiger partial charge in [0.2, 0.25) is 15.9 Å². The van der Waals surface area contributed by atoms with Gasteiger partial charge in [-0.1, -0.05) is 18.2 Å². The highest BCUT2D eigenvalue weighted by molar-refractivity contribution is 7.92. The van der Waals surface area contributed by atoms with Gasteiger partial charge in [-0.05, 0) is 43.3 Å². The van der Waals surface area contributed by atoms with Gasteiger partial charge in [0, 0.05) is 24.5 Å². The summed E-state index contributed by atoms with van der Waals surface area (Å²) in [7, 11) is -3.62. The zero-order chi connectivity index (χ0) is 20.1. The topological polar surface area (TPSA) is 79.0 Å². The molecule has 2 aromatic rings. The van der Waals surface area contributed by atoms with Crippen molar-refractivity contribution in [3.8, 4) is 0 Å². The van der Waals surface area contributed by atoms with E-state index in [0.717, 1.165) is 29.3 Å². The van der Waals surface area contributed by atoms with Crippen LogP contribution in [0.15, 0.2) is 54.6 Å². The summed E-state index contributed by atoms with van der Waals surface area (Å²) in [6.45, 7) is 4.66. The van der Waals surface area contributed by atoms with Crippen molar-refractivity contribution in [2.45, 2.75) is 13.0 Å². The van der Waals surface area contributed by atoms with Crippen molar-refractivity contribution in [3.63, 3.8) is 0 Å². The van der Waals surface area contributed by atoms with E-state index in [1.54, 1.807) is 37.3 Å². The Hall–Kier alpha value is -2.58. The van der Waals surface area contributed by atoms with E-state index < -0.39 is 22.0 Å². The van der Waals surface area contributed by atoms with E-state index in [0.29, 0.717) is 24.6 Å². The Balaban J connectivity index is 1.72. The second kappa shape index (κ2) is 8.62. The average molecular weight is 404 g/mol. The zero-order valence-corrected chi connectivity index (χ0v) is 16.9. The van der Waals surface area contributed by atoms with Crippen molar-refractivity contribution in [2.24, 2.45) is 0 Å². The van der Waals surface area contributed by atoms with Crippen LogP contribution >= 0.6 is 0 Å². The standard InChI is InChI=1S/C20H25N3O4S/c1-16(23(28(2,25)26)19-6-4-3-5-7-19)20(24)21-17-8-10-18(11-9-17)22-12-14-27-15-13-22/h3-11,16H,12-15H2,1-2H3,(H,21,24)/t16-/m1/s1. The minimum absolute atomic E-state index is 0.395. The number of carbonyl (C=O) groups excluding carboxylic acids is 1. The summed E-state index contributed by atoms with van der Waals surface area (Å²) in [6, 6.07) is 15.2. The number of nitrogens with zero attached hydrogens (tertiary/aromatic N) is 2. The van der Waals surface area contributed by atoms with Crippen LogP contribution in [0.3, 0.4) is 0 Å². The Morgan fingerprint density at radius 2 is 1.68 bits per heavy atom. The maximum Gasteiger partial charge on any atom is 0.247 e. The van der Waals surface area contributed by atoms with Crippen molar-refractivity contribution in [2.75, 3.05) is 47.1 Å². The Labute approximate surface area is 166 Å². The molecule has 1 amide bonds. The minimum Gasteiger partial charge on any atom is -0.378 e. The van der Waals surface area contributed by atoms with Crippen LogP contribution in [0.1, 0.15) is 6.92 Å². The summed E-state index contributed by atoms with van der Waals surface area (Å²) in [5, 5.41) is 2.81. The molecular formula is C20H25N3O4S. The smallest absolute Gasteiger partial charge is 0.247 e. The predicted molar refractivity (Wildman–Crippen MR) is 111 cm³/mol. The molecule has 2 aromatic carbocycles. The largest absolute Gasteiger partial charge is 0.378 e. The van der Waals surface area contributed by atoms with Gasteiger partial charge in [0.15, 0.2) is 0 Å². The van der Waals surface area contributed by atoms with Crippen LogP contribution in [0.5, 0.6) is 0 Å². The van der Waals surface area contributed by atoms with Gasteiger partial charge in [-0.3, -0.25) is 9.10 Å². The molecule has 1 N–H and O–H groups in total. The molecule has 1 heterocycles. The highest BCUT2D eigenvalue weighted by atomic mass is 32.2. The van der Waals surface area contributed by atoms with Crippen LogP contribution < -0.4 is 14.5 Å². The van der Waals surface area contributed by atoms with E-state index >= 15 is 0 Å².